The largest absolute Gasteiger partial charge is 0.478 e. The summed E-state index contributed by atoms with van der Waals surface area (Å²) in [6, 6.07) is 16.6. The molecule has 4 heteroatoms. The Morgan fingerprint density at radius 2 is 0.895 bits per heavy atom. The number of hydrogen-bond acceptors (Lipinski definition) is 2. The average Bonchev–Trinajstić information content (AvgIpc) is 2.41. The van der Waals surface area contributed by atoms with Crippen LogP contribution in [-0.2, 0) is 0 Å². The molecule has 0 radical (unpaired) electrons. The fourth-order valence-corrected chi connectivity index (χ4v) is 1.16. The van der Waals surface area contributed by atoms with E-state index in [4.69, 9.17) is 10.2 Å². The maximum absolute atomic E-state index is 10.2. The molecule has 0 aliphatic heterocycles. The number of carbonyl (C=O) groups is 2. The topological polar surface area (TPSA) is 74.6 Å². The predicted molar refractivity (Wildman–Crippen MR) is 73.5 cm³/mol. The van der Waals surface area contributed by atoms with E-state index in [1.807, 2.05) is 0 Å². The molecule has 0 spiro atoms. The third-order valence-corrected chi connectivity index (χ3v) is 2.04. The number of hydrogen-bond donors (Lipinski definition) is 2. The molecule has 19 heavy (non-hydrogen) atoms. The van der Waals surface area contributed by atoms with Crippen molar-refractivity contribution in [3.63, 3.8) is 0 Å². The van der Waals surface area contributed by atoms with E-state index in [1.165, 1.54) is 0 Å². The van der Waals surface area contributed by atoms with Gasteiger partial charge in [-0.15, -0.1) is 0 Å². The van der Waals surface area contributed by atoms with Crippen molar-refractivity contribution >= 4 is 11.9 Å². The van der Waals surface area contributed by atoms with Crippen molar-refractivity contribution in [1.29, 1.82) is 0 Å². The summed E-state index contributed by atoms with van der Waals surface area (Å²) >= 11 is 0. The second kappa shape index (κ2) is 8.47. The number of aromatic carboxylic acids is 2. The normalized spacial score (nSPS) is 8.42. The number of carboxylic acids is 2. The van der Waals surface area contributed by atoms with Gasteiger partial charge in [-0.2, -0.15) is 0 Å². The zero-order valence-corrected chi connectivity index (χ0v) is 9.48. The second-order valence-electron chi connectivity index (χ2n) is 3.34. The van der Waals surface area contributed by atoms with Gasteiger partial charge in [-0.25, -0.2) is 9.59 Å². The molecule has 0 saturated heterocycles. The Hall–Kier alpha value is -2.62. The first-order valence-electron chi connectivity index (χ1n) is 5.18. The van der Waals surface area contributed by atoms with Gasteiger partial charge in [0.25, 0.3) is 0 Å². The molecule has 0 bridgehead atoms. The fourth-order valence-electron chi connectivity index (χ4n) is 1.16. The first-order valence-corrected chi connectivity index (χ1v) is 5.18. The van der Waals surface area contributed by atoms with Crippen LogP contribution in [-0.4, -0.2) is 22.2 Å². The van der Waals surface area contributed by atoms with Crippen molar-refractivity contribution in [2.75, 3.05) is 0 Å². The smallest absolute Gasteiger partial charge is 0.335 e. The molecule has 0 saturated carbocycles. The molecule has 0 aliphatic rings. The van der Waals surface area contributed by atoms with Crippen LogP contribution in [0.15, 0.2) is 60.7 Å². The van der Waals surface area contributed by atoms with E-state index >= 15 is 0 Å². The Morgan fingerprint density at radius 3 is 1.05 bits per heavy atom. The summed E-state index contributed by atoms with van der Waals surface area (Å²) in [6.07, 6.45) is 0. The Kier molecular flexibility index (Phi) is 7.30. The van der Waals surface area contributed by atoms with Gasteiger partial charge in [0, 0.05) is 0 Å². The molecule has 0 amide bonds. The van der Waals surface area contributed by atoms with Gasteiger partial charge in [0.2, 0.25) is 0 Å². The number of benzene rings is 2. The lowest BCUT2D eigenvalue weighted by molar-refractivity contribution is 0.0686. The van der Waals surface area contributed by atoms with Crippen LogP contribution in [0.1, 0.15) is 28.1 Å². The molecule has 2 N–H and O–H groups in total. The van der Waals surface area contributed by atoms with Crippen molar-refractivity contribution in [3.05, 3.63) is 71.8 Å². The molecule has 100 valence electrons. The van der Waals surface area contributed by atoms with Gasteiger partial charge in [0.05, 0.1) is 11.1 Å². The van der Waals surface area contributed by atoms with Gasteiger partial charge in [0.1, 0.15) is 0 Å². The van der Waals surface area contributed by atoms with Gasteiger partial charge < -0.3 is 10.2 Å². The zero-order chi connectivity index (χ0) is 13.4. The van der Waals surface area contributed by atoms with Crippen LogP contribution in [0.5, 0.6) is 0 Å². The van der Waals surface area contributed by atoms with Crippen LogP contribution in [0, 0.1) is 0 Å². The van der Waals surface area contributed by atoms with Crippen molar-refractivity contribution in [2.24, 2.45) is 0 Å². The van der Waals surface area contributed by atoms with Gasteiger partial charge >= 0.3 is 11.9 Å². The standard InChI is InChI=1S/2C7H6O2.CH4/c2*8-7(9)6-4-2-1-3-5-6;/h2*1-5H,(H,8,9);1H4. The van der Waals surface area contributed by atoms with Gasteiger partial charge in [0.15, 0.2) is 0 Å². The minimum atomic E-state index is -0.879. The maximum Gasteiger partial charge on any atom is 0.335 e. The molecular weight excluding hydrogens is 244 g/mol. The minimum Gasteiger partial charge on any atom is -0.478 e. The summed E-state index contributed by atoms with van der Waals surface area (Å²) in [4.78, 5) is 20.4. The van der Waals surface area contributed by atoms with Crippen LogP contribution in [0.2, 0.25) is 0 Å². The second-order valence-corrected chi connectivity index (χ2v) is 3.34. The summed E-state index contributed by atoms with van der Waals surface area (Å²) in [6.45, 7) is 0. The first-order chi connectivity index (χ1) is 8.61. The highest BCUT2D eigenvalue weighted by atomic mass is 16.4. The highest BCUT2D eigenvalue weighted by Crippen LogP contribution is 1.96. The molecule has 2 aromatic carbocycles. The zero-order valence-electron chi connectivity index (χ0n) is 9.48. The third-order valence-electron chi connectivity index (χ3n) is 2.04. The number of carboxylic acid groups (broad SMARTS) is 2. The lowest BCUT2D eigenvalue weighted by Gasteiger charge is -1.88. The molecular formula is C15H16O4. The Balaban J connectivity index is 0.000000324. The number of rotatable bonds is 2. The van der Waals surface area contributed by atoms with Crippen LogP contribution >= 0.6 is 0 Å². The summed E-state index contributed by atoms with van der Waals surface area (Å²) in [5.74, 6) is -1.76. The van der Waals surface area contributed by atoms with E-state index in [0.717, 1.165) is 0 Å². The lowest BCUT2D eigenvalue weighted by Crippen LogP contribution is -1.93. The molecule has 0 fully saturated rings. The molecule has 0 aromatic heterocycles. The average molecular weight is 260 g/mol. The molecule has 4 nitrogen and oxygen atoms in total. The van der Waals surface area contributed by atoms with E-state index in [9.17, 15) is 9.59 Å². The van der Waals surface area contributed by atoms with Crippen molar-refractivity contribution in [3.8, 4) is 0 Å². The highest BCUT2D eigenvalue weighted by Gasteiger charge is 1.97. The summed E-state index contributed by atoms with van der Waals surface area (Å²) in [5, 5.41) is 16.8. The van der Waals surface area contributed by atoms with E-state index in [2.05, 4.69) is 0 Å². The molecule has 0 atom stereocenters. The van der Waals surface area contributed by atoms with E-state index in [0.29, 0.717) is 11.1 Å². The van der Waals surface area contributed by atoms with Crippen LogP contribution in [0.25, 0.3) is 0 Å². The summed E-state index contributed by atoms with van der Waals surface area (Å²) < 4.78 is 0. The summed E-state index contributed by atoms with van der Waals surface area (Å²) in [7, 11) is 0. The Morgan fingerprint density at radius 1 is 0.632 bits per heavy atom. The monoisotopic (exact) mass is 260 g/mol. The van der Waals surface area contributed by atoms with E-state index in [-0.39, 0.29) is 7.43 Å². The Bertz CT molecular complexity index is 457. The molecule has 0 heterocycles. The van der Waals surface area contributed by atoms with E-state index in [1.54, 1.807) is 60.7 Å². The van der Waals surface area contributed by atoms with E-state index < -0.39 is 11.9 Å². The van der Waals surface area contributed by atoms with Crippen molar-refractivity contribution in [1.82, 2.24) is 0 Å². The van der Waals surface area contributed by atoms with Gasteiger partial charge in [-0.1, -0.05) is 43.8 Å². The van der Waals surface area contributed by atoms with Crippen LogP contribution in [0.3, 0.4) is 0 Å². The van der Waals surface area contributed by atoms with Gasteiger partial charge in [-0.3, -0.25) is 0 Å². The quantitative estimate of drug-likeness (QED) is 0.867. The van der Waals surface area contributed by atoms with Crippen molar-refractivity contribution in [2.45, 2.75) is 7.43 Å². The minimum absolute atomic E-state index is 0. The SMILES string of the molecule is C.O=C(O)c1ccccc1.O=C(O)c1ccccc1. The lowest BCUT2D eigenvalue weighted by atomic mass is 10.2. The molecule has 0 aliphatic carbocycles. The Labute approximate surface area is 112 Å². The predicted octanol–water partition coefficient (Wildman–Crippen LogP) is 3.41. The molecule has 0 unspecified atom stereocenters. The first kappa shape index (κ1) is 16.4. The van der Waals surface area contributed by atoms with Crippen molar-refractivity contribution < 1.29 is 19.8 Å². The molecule has 2 rings (SSSR count). The highest BCUT2D eigenvalue weighted by molar-refractivity contribution is 5.87. The van der Waals surface area contributed by atoms with Crippen LogP contribution < -0.4 is 0 Å². The third kappa shape index (κ3) is 6.02. The fraction of sp³-hybridized carbons (Fsp3) is 0.0667. The maximum atomic E-state index is 10.2. The molecule has 2 aromatic rings. The summed E-state index contributed by atoms with van der Waals surface area (Å²) in [5.41, 5.74) is 0.662. The van der Waals surface area contributed by atoms with Crippen LogP contribution in [0.4, 0.5) is 0 Å². The van der Waals surface area contributed by atoms with Gasteiger partial charge in [-0.05, 0) is 24.3 Å².